The average Bonchev–Trinajstić information content (AvgIpc) is 2.80. The van der Waals surface area contributed by atoms with Crippen LogP contribution in [0.15, 0.2) is 34.0 Å². The van der Waals surface area contributed by atoms with Crippen molar-refractivity contribution in [1.82, 2.24) is 9.55 Å². The van der Waals surface area contributed by atoms with Gasteiger partial charge in [0.2, 0.25) is 0 Å². The van der Waals surface area contributed by atoms with E-state index in [1.807, 2.05) is 0 Å². The molecule has 3 unspecified atom stereocenters. The van der Waals surface area contributed by atoms with Crippen LogP contribution in [0.1, 0.15) is 13.2 Å². The molecule has 0 spiro atoms. The molecule has 1 saturated heterocycles. The quantitative estimate of drug-likeness (QED) is 0.142. The van der Waals surface area contributed by atoms with E-state index in [9.17, 15) is 38.4 Å². The Hall–Kier alpha value is -1.36. The summed E-state index contributed by atoms with van der Waals surface area (Å²) in [6, 6.07) is 0.792. The number of halogens is 1. The van der Waals surface area contributed by atoms with Crippen LogP contribution in [0, 0.1) is 0 Å². The molecule has 2 rings (SSSR count). The number of alkyl halides is 1. The first-order valence-electron chi connectivity index (χ1n) is 8.25. The number of phosphoric ester groups is 1. The van der Waals surface area contributed by atoms with Crippen molar-refractivity contribution >= 4 is 23.5 Å². The molecule has 7 N–H and O–H groups in total. The molecule has 0 saturated carbocycles. The number of aliphatic hydroxyl groups excluding tert-OH is 1. The highest BCUT2D eigenvalue weighted by molar-refractivity contribution is 7.66. The van der Waals surface area contributed by atoms with Crippen molar-refractivity contribution in [3.8, 4) is 0 Å². The third kappa shape index (κ3) is 6.21. The summed E-state index contributed by atoms with van der Waals surface area (Å²) in [6.45, 7) is 2.66. The molecular weight excluding hydrogens is 524 g/mol. The molecule has 0 aliphatic carbocycles. The minimum absolute atomic E-state index is 0.365. The lowest BCUT2D eigenvalue weighted by molar-refractivity contribution is -0.204. The number of H-pyrrole nitrogens is 1. The molecule has 0 amide bonds. The lowest BCUT2D eigenvalue weighted by atomic mass is 9.87. The van der Waals surface area contributed by atoms with Crippen LogP contribution in [0.25, 0.3) is 0 Å². The van der Waals surface area contributed by atoms with Crippen molar-refractivity contribution in [1.29, 1.82) is 0 Å². The molecule has 188 valence electrons. The number of nitrogens with zero attached hydrogens (tertiary/aromatic N) is 1. The number of phosphoric acid groups is 3. The van der Waals surface area contributed by atoms with E-state index in [0.29, 0.717) is 4.57 Å². The largest absolute Gasteiger partial charge is 0.490 e. The normalized spacial score (nSPS) is 31.6. The summed E-state index contributed by atoms with van der Waals surface area (Å²) >= 11 is 0. The highest BCUT2D eigenvalue weighted by Gasteiger charge is 2.66. The second kappa shape index (κ2) is 9.02. The van der Waals surface area contributed by atoms with Crippen LogP contribution < -0.4 is 11.2 Å². The van der Waals surface area contributed by atoms with Crippen molar-refractivity contribution < 1.29 is 65.8 Å². The summed E-state index contributed by atoms with van der Waals surface area (Å²) < 4.78 is 65.5. The SMILES string of the molecule is C=C(C)[C@]1(O)C(n2ccc(=O)[nH]c2=O)O[C@](F)(COP(=O)(O)OP(=O)(O)OP(=O)(O)O)[C@H]1O. The summed E-state index contributed by atoms with van der Waals surface area (Å²) in [7, 11) is -17.4. The summed E-state index contributed by atoms with van der Waals surface area (Å²) in [4.78, 5) is 60.6. The van der Waals surface area contributed by atoms with Crippen molar-refractivity contribution in [2.45, 2.75) is 30.7 Å². The number of rotatable bonds is 9. The number of aliphatic hydroxyl groups is 2. The molecule has 33 heavy (non-hydrogen) atoms. The summed E-state index contributed by atoms with van der Waals surface area (Å²) in [5.74, 6) is -3.61. The zero-order valence-electron chi connectivity index (χ0n) is 16.2. The molecular formula is C12H18FN2O15P3. The summed E-state index contributed by atoms with van der Waals surface area (Å²) in [5, 5.41) is 21.2. The predicted molar refractivity (Wildman–Crippen MR) is 101 cm³/mol. The Morgan fingerprint density at radius 1 is 1.24 bits per heavy atom. The van der Waals surface area contributed by atoms with Crippen LogP contribution in [-0.4, -0.2) is 63.5 Å². The first-order chi connectivity index (χ1) is 14.7. The number of aromatic amines is 1. The van der Waals surface area contributed by atoms with Gasteiger partial charge in [-0.05, 0) is 12.5 Å². The van der Waals surface area contributed by atoms with Crippen molar-refractivity contribution in [3.05, 3.63) is 45.3 Å². The molecule has 17 nitrogen and oxygen atoms in total. The van der Waals surface area contributed by atoms with Crippen LogP contribution >= 0.6 is 23.5 Å². The lowest BCUT2D eigenvalue weighted by Crippen LogP contribution is -2.52. The third-order valence-corrected chi connectivity index (χ3v) is 7.92. The lowest BCUT2D eigenvalue weighted by Gasteiger charge is -2.32. The van der Waals surface area contributed by atoms with Gasteiger partial charge >= 0.3 is 29.2 Å². The maximum Gasteiger partial charge on any atom is 0.490 e. The zero-order valence-corrected chi connectivity index (χ0v) is 18.9. The van der Waals surface area contributed by atoms with Gasteiger partial charge in [0, 0.05) is 12.3 Å². The molecule has 6 atom stereocenters. The Labute approximate surface area is 182 Å². The smallest absolute Gasteiger partial charge is 0.383 e. The van der Waals surface area contributed by atoms with E-state index in [4.69, 9.17) is 19.4 Å². The molecule has 21 heteroatoms. The Bertz CT molecular complexity index is 1190. The fourth-order valence-electron chi connectivity index (χ4n) is 2.71. The predicted octanol–water partition coefficient (Wildman–Crippen LogP) is -1.26. The first-order valence-corrected chi connectivity index (χ1v) is 12.8. The minimum Gasteiger partial charge on any atom is -0.383 e. The Kier molecular flexibility index (Phi) is 7.62. The van der Waals surface area contributed by atoms with Crippen LogP contribution in [0.5, 0.6) is 0 Å². The van der Waals surface area contributed by atoms with Gasteiger partial charge < -0.3 is 34.5 Å². The van der Waals surface area contributed by atoms with Gasteiger partial charge in [-0.2, -0.15) is 8.62 Å². The Morgan fingerprint density at radius 2 is 1.82 bits per heavy atom. The monoisotopic (exact) mass is 542 g/mol. The second-order valence-corrected chi connectivity index (χ2v) is 11.1. The molecule has 0 radical (unpaired) electrons. The average molecular weight is 542 g/mol. The van der Waals surface area contributed by atoms with E-state index in [1.165, 1.54) is 0 Å². The highest BCUT2D eigenvalue weighted by atomic mass is 31.3. The van der Waals surface area contributed by atoms with E-state index in [2.05, 4.69) is 19.7 Å². The Morgan fingerprint density at radius 3 is 2.30 bits per heavy atom. The van der Waals surface area contributed by atoms with Gasteiger partial charge in [0.25, 0.3) is 11.4 Å². The van der Waals surface area contributed by atoms with Crippen molar-refractivity contribution in [2.24, 2.45) is 0 Å². The van der Waals surface area contributed by atoms with E-state index in [1.54, 1.807) is 4.98 Å². The molecule has 1 aliphatic heterocycles. The molecule has 1 aromatic rings. The standard InChI is InChI=1S/C12H18FN2O15P3/c1-6(2)12(19)8(17)11(13,28-9(12)15-4-3-7(16)14-10(15)18)5-27-32(23,24)30-33(25,26)29-31(20,21)22/h3-4,8-9,17,19H,1,5H2,2H3,(H,23,24)(H,25,26)(H,14,16,18)(H2,20,21,22)/t8-,9?,11-,12-/m1/s1. The second-order valence-electron chi connectivity index (χ2n) is 6.65. The molecule has 1 aliphatic rings. The highest BCUT2D eigenvalue weighted by Crippen LogP contribution is 2.66. The topological polar surface area (TPSA) is 264 Å². The number of aromatic nitrogens is 2. The Balaban J connectivity index is 2.33. The van der Waals surface area contributed by atoms with Crippen molar-refractivity contribution in [2.75, 3.05) is 6.61 Å². The number of ether oxygens (including phenoxy) is 1. The number of hydrogen-bond donors (Lipinski definition) is 7. The third-order valence-electron chi connectivity index (χ3n) is 4.14. The maximum atomic E-state index is 15.4. The van der Waals surface area contributed by atoms with Crippen LogP contribution in [0.2, 0.25) is 0 Å². The van der Waals surface area contributed by atoms with Gasteiger partial charge in [0.15, 0.2) is 17.9 Å². The van der Waals surface area contributed by atoms with Gasteiger partial charge in [0.05, 0.1) is 0 Å². The molecule has 2 heterocycles. The maximum absolute atomic E-state index is 15.4. The van der Waals surface area contributed by atoms with E-state index in [-0.39, 0.29) is 5.57 Å². The number of hydrogen-bond acceptors (Lipinski definition) is 11. The van der Waals surface area contributed by atoms with Gasteiger partial charge in [-0.25, -0.2) is 22.9 Å². The van der Waals surface area contributed by atoms with Crippen LogP contribution in [0.4, 0.5) is 4.39 Å². The van der Waals surface area contributed by atoms with Gasteiger partial charge in [0.1, 0.15) is 6.61 Å². The molecule has 1 aromatic heterocycles. The molecule has 0 aromatic carbocycles. The molecule has 0 bridgehead atoms. The molecule has 1 fully saturated rings. The van der Waals surface area contributed by atoms with E-state index >= 15 is 4.39 Å². The summed E-state index contributed by atoms with van der Waals surface area (Å²) in [6.07, 6.45) is -4.00. The van der Waals surface area contributed by atoms with Crippen molar-refractivity contribution in [3.63, 3.8) is 0 Å². The van der Waals surface area contributed by atoms with Gasteiger partial charge in [-0.3, -0.25) is 18.9 Å². The van der Waals surface area contributed by atoms with E-state index in [0.717, 1.165) is 19.2 Å². The van der Waals surface area contributed by atoms with E-state index < -0.39 is 65.1 Å². The summed E-state index contributed by atoms with van der Waals surface area (Å²) in [5.41, 5.74) is -5.23. The zero-order chi connectivity index (χ0) is 25.6. The van der Waals surface area contributed by atoms with Crippen LogP contribution in [0.3, 0.4) is 0 Å². The first kappa shape index (κ1) is 27.9. The minimum atomic E-state index is -5.92. The fourth-order valence-corrected chi connectivity index (χ4v) is 5.75. The number of nitrogens with one attached hydrogen (secondary N) is 1. The van der Waals surface area contributed by atoms with Gasteiger partial charge in [-0.1, -0.05) is 6.58 Å². The fraction of sp³-hybridized carbons (Fsp3) is 0.500. The van der Waals surface area contributed by atoms with Gasteiger partial charge in [-0.15, -0.1) is 0 Å². The van der Waals surface area contributed by atoms with Crippen LogP contribution in [-0.2, 0) is 31.6 Å².